The molecule has 1 heterocycles. The van der Waals surface area contributed by atoms with Gasteiger partial charge in [-0.25, -0.2) is 0 Å². The molecule has 0 aliphatic carbocycles. The topological polar surface area (TPSA) is 107 Å². The minimum Gasteiger partial charge on any atom is -0.481 e. The van der Waals surface area contributed by atoms with Crippen molar-refractivity contribution >= 4 is 5.97 Å². The van der Waals surface area contributed by atoms with E-state index in [-0.39, 0.29) is 12.5 Å². The smallest absolute Gasteiger partial charge is 0.303 e. The summed E-state index contributed by atoms with van der Waals surface area (Å²) in [6.07, 6.45) is 15.9. The number of aliphatic carboxylic acids is 1. The normalized spacial score (nSPS) is 25.5. The van der Waals surface area contributed by atoms with E-state index < -0.39 is 30.4 Å². The number of hydrogen-bond acceptors (Lipinski definition) is 5. The highest BCUT2D eigenvalue weighted by Crippen LogP contribution is 2.25. The molecule has 1 fully saturated rings. The number of rotatable bonds is 13. The van der Waals surface area contributed by atoms with Gasteiger partial charge in [0.25, 0.3) is 0 Å². The van der Waals surface area contributed by atoms with E-state index in [1.165, 1.54) is 6.08 Å². The lowest BCUT2D eigenvalue weighted by atomic mass is 10.1. The van der Waals surface area contributed by atoms with Gasteiger partial charge in [-0.1, -0.05) is 55.5 Å². The summed E-state index contributed by atoms with van der Waals surface area (Å²) in [5.41, 5.74) is 0. The minimum absolute atomic E-state index is 0.158. The summed E-state index contributed by atoms with van der Waals surface area (Å²) in [5, 5.41) is 38.4. The molecule has 0 aromatic carbocycles. The lowest BCUT2D eigenvalue weighted by Crippen LogP contribution is -2.24. The average Bonchev–Trinajstić information content (AvgIpc) is 3.04. The molecular weight excluding hydrogens is 360 g/mol. The van der Waals surface area contributed by atoms with Crippen molar-refractivity contribution in [1.29, 1.82) is 0 Å². The molecule has 6 heteroatoms. The molecule has 4 N–H and O–H groups in total. The van der Waals surface area contributed by atoms with Gasteiger partial charge in [0.05, 0.1) is 30.5 Å². The van der Waals surface area contributed by atoms with Crippen molar-refractivity contribution in [1.82, 2.24) is 0 Å². The van der Waals surface area contributed by atoms with Crippen LogP contribution in [0.3, 0.4) is 0 Å². The molecule has 0 amide bonds. The largest absolute Gasteiger partial charge is 0.481 e. The van der Waals surface area contributed by atoms with Crippen molar-refractivity contribution < 1.29 is 30.0 Å². The van der Waals surface area contributed by atoms with E-state index in [1.54, 1.807) is 6.08 Å². The Balaban J connectivity index is 2.16. The van der Waals surface area contributed by atoms with Crippen molar-refractivity contribution in [3.8, 4) is 0 Å². The minimum atomic E-state index is -0.837. The van der Waals surface area contributed by atoms with Gasteiger partial charge in [0, 0.05) is 12.8 Å². The molecular formula is C22H34O6. The van der Waals surface area contributed by atoms with E-state index in [2.05, 4.69) is 0 Å². The van der Waals surface area contributed by atoms with Crippen molar-refractivity contribution in [2.24, 2.45) is 0 Å². The van der Waals surface area contributed by atoms with Gasteiger partial charge in [0.1, 0.15) is 0 Å². The fourth-order valence-corrected chi connectivity index (χ4v) is 2.90. The Kier molecular flexibility index (Phi) is 12.4. The second-order valence-corrected chi connectivity index (χ2v) is 6.92. The van der Waals surface area contributed by atoms with E-state index in [0.29, 0.717) is 25.7 Å². The van der Waals surface area contributed by atoms with E-state index in [9.17, 15) is 20.1 Å². The van der Waals surface area contributed by atoms with Crippen molar-refractivity contribution in [2.45, 2.75) is 82.4 Å². The zero-order valence-electron chi connectivity index (χ0n) is 16.6. The lowest BCUT2D eigenvalue weighted by Gasteiger charge is -2.16. The van der Waals surface area contributed by atoms with Gasteiger partial charge < -0.3 is 25.2 Å². The van der Waals surface area contributed by atoms with Gasteiger partial charge in [-0.05, 0) is 32.1 Å². The second-order valence-electron chi connectivity index (χ2n) is 6.92. The number of hydrogen-bond donors (Lipinski definition) is 4. The van der Waals surface area contributed by atoms with Crippen LogP contribution in [0.25, 0.3) is 0 Å². The summed E-state index contributed by atoms with van der Waals surface area (Å²) in [4.78, 5) is 10.3. The number of aliphatic hydroxyl groups is 3. The third-order valence-electron chi connectivity index (χ3n) is 4.51. The summed E-state index contributed by atoms with van der Waals surface area (Å²) in [5.74, 6) is -0.785. The molecule has 1 rings (SSSR count). The third kappa shape index (κ3) is 10.6. The van der Waals surface area contributed by atoms with Crippen LogP contribution in [-0.4, -0.2) is 56.9 Å². The van der Waals surface area contributed by atoms with Gasteiger partial charge in [0.15, 0.2) is 0 Å². The third-order valence-corrected chi connectivity index (χ3v) is 4.51. The van der Waals surface area contributed by atoms with Crippen LogP contribution in [-0.2, 0) is 9.53 Å². The Morgan fingerprint density at radius 1 is 1.07 bits per heavy atom. The first kappa shape index (κ1) is 24.3. The molecule has 1 aliphatic rings. The number of carboxylic acids is 1. The first-order valence-electron chi connectivity index (χ1n) is 9.98. The van der Waals surface area contributed by atoms with Gasteiger partial charge in [-0.3, -0.25) is 4.79 Å². The fourth-order valence-electron chi connectivity index (χ4n) is 2.90. The maximum absolute atomic E-state index is 10.3. The second kappa shape index (κ2) is 14.3. The summed E-state index contributed by atoms with van der Waals surface area (Å²) in [6, 6.07) is 0. The van der Waals surface area contributed by atoms with Crippen molar-refractivity contribution in [3.63, 3.8) is 0 Å². The standard InChI is InChI=1S/C22H34O6/c1-2-20-19(25)16-21(28-20)18(24)15-14-17(23)12-10-8-6-4-3-5-7-9-11-13-22(26)27/h3-4,7-10,14-15,17-21,23-25H,2,5-6,11-13,16H2,1H3,(H,26,27)/b4-3-,9-7-,10-8-,15-14+/t17-,18+,19-,20+,21-/m0/s1. The maximum atomic E-state index is 10.3. The van der Waals surface area contributed by atoms with Crippen LogP contribution in [0.4, 0.5) is 0 Å². The molecule has 0 saturated carbocycles. The van der Waals surface area contributed by atoms with Crippen LogP contribution in [0.2, 0.25) is 0 Å². The van der Waals surface area contributed by atoms with Gasteiger partial charge >= 0.3 is 5.97 Å². The van der Waals surface area contributed by atoms with Gasteiger partial charge in [0.2, 0.25) is 0 Å². The molecule has 5 atom stereocenters. The average molecular weight is 395 g/mol. The summed E-state index contributed by atoms with van der Waals surface area (Å²) >= 11 is 0. The van der Waals surface area contributed by atoms with Crippen LogP contribution >= 0.6 is 0 Å². The number of carboxylic acid groups (broad SMARTS) is 1. The molecule has 0 bridgehead atoms. The van der Waals surface area contributed by atoms with E-state index in [4.69, 9.17) is 9.84 Å². The molecule has 0 unspecified atom stereocenters. The molecule has 1 aliphatic heterocycles. The van der Waals surface area contributed by atoms with Crippen LogP contribution in [0, 0.1) is 0 Å². The zero-order valence-corrected chi connectivity index (χ0v) is 16.6. The SMILES string of the molecule is CC[C@H]1O[C@H]([C@H](O)/C=C/[C@@H](O)C/C=C\C/C=C\C/C=C\CCC(=O)O)C[C@@H]1O. The summed E-state index contributed by atoms with van der Waals surface area (Å²) in [7, 11) is 0. The Morgan fingerprint density at radius 2 is 1.71 bits per heavy atom. The van der Waals surface area contributed by atoms with Crippen molar-refractivity contribution in [3.05, 3.63) is 48.6 Å². The van der Waals surface area contributed by atoms with Crippen LogP contribution in [0.5, 0.6) is 0 Å². The highest BCUT2D eigenvalue weighted by molar-refractivity contribution is 5.66. The monoisotopic (exact) mass is 394 g/mol. The quantitative estimate of drug-likeness (QED) is 0.358. The first-order valence-corrected chi connectivity index (χ1v) is 9.98. The summed E-state index contributed by atoms with van der Waals surface area (Å²) in [6.45, 7) is 1.93. The highest BCUT2D eigenvalue weighted by atomic mass is 16.5. The van der Waals surface area contributed by atoms with Crippen molar-refractivity contribution in [2.75, 3.05) is 0 Å². The Bertz CT molecular complexity index is 551. The zero-order chi connectivity index (χ0) is 20.8. The van der Waals surface area contributed by atoms with E-state index >= 15 is 0 Å². The number of allylic oxidation sites excluding steroid dienone is 5. The predicted octanol–water partition coefficient (Wildman–Crippen LogP) is 2.90. The molecule has 0 spiro atoms. The Morgan fingerprint density at radius 3 is 2.32 bits per heavy atom. The number of ether oxygens (including phenoxy) is 1. The van der Waals surface area contributed by atoms with E-state index in [1.807, 2.05) is 43.4 Å². The first-order chi connectivity index (χ1) is 13.4. The maximum Gasteiger partial charge on any atom is 0.303 e. The number of carbonyl (C=O) groups is 1. The lowest BCUT2D eigenvalue weighted by molar-refractivity contribution is -0.136. The summed E-state index contributed by atoms with van der Waals surface area (Å²) < 4.78 is 5.61. The van der Waals surface area contributed by atoms with Gasteiger partial charge in [-0.2, -0.15) is 0 Å². The van der Waals surface area contributed by atoms with Crippen LogP contribution in [0.1, 0.15) is 51.9 Å². The molecule has 0 aromatic rings. The predicted molar refractivity (Wildman–Crippen MR) is 109 cm³/mol. The molecule has 158 valence electrons. The molecule has 0 radical (unpaired) electrons. The van der Waals surface area contributed by atoms with Gasteiger partial charge in [-0.15, -0.1) is 0 Å². The molecule has 1 saturated heterocycles. The Labute approximate surface area is 167 Å². The van der Waals surface area contributed by atoms with Crippen LogP contribution < -0.4 is 0 Å². The molecule has 6 nitrogen and oxygen atoms in total. The fraction of sp³-hybridized carbons (Fsp3) is 0.591. The van der Waals surface area contributed by atoms with E-state index in [0.717, 1.165) is 12.8 Å². The molecule has 0 aromatic heterocycles. The molecule has 28 heavy (non-hydrogen) atoms. The number of aliphatic hydroxyl groups excluding tert-OH is 3. The Hall–Kier alpha value is -1.73. The highest BCUT2D eigenvalue weighted by Gasteiger charge is 2.35. The van der Waals surface area contributed by atoms with Crippen LogP contribution in [0.15, 0.2) is 48.6 Å².